The molecule has 1 N–H and O–H groups in total. The number of benzene rings is 2. The summed E-state index contributed by atoms with van der Waals surface area (Å²) in [6, 6.07) is 16.4. The van der Waals surface area contributed by atoms with Gasteiger partial charge in [-0.15, -0.1) is 0 Å². The zero-order chi connectivity index (χ0) is 14.4. The number of amides is 1. The van der Waals surface area contributed by atoms with Crippen molar-refractivity contribution in [1.82, 2.24) is 0 Å². The third-order valence-corrected chi connectivity index (χ3v) is 3.38. The average molecular weight is 267 g/mol. The van der Waals surface area contributed by atoms with Gasteiger partial charge in [0.05, 0.1) is 0 Å². The Morgan fingerprint density at radius 3 is 2.55 bits per heavy atom. The van der Waals surface area contributed by atoms with Crippen molar-refractivity contribution in [3.05, 3.63) is 65.2 Å². The molecule has 0 atom stereocenters. The molecule has 2 aromatic carbocycles. The smallest absolute Gasteiger partial charge is 0.224 e. The molecule has 0 aromatic heterocycles. The molecule has 0 radical (unpaired) electrons. The van der Waals surface area contributed by atoms with Gasteiger partial charge in [-0.3, -0.25) is 4.79 Å². The van der Waals surface area contributed by atoms with Crippen LogP contribution in [-0.2, 0) is 11.2 Å². The van der Waals surface area contributed by atoms with Crippen molar-refractivity contribution in [2.45, 2.75) is 33.1 Å². The van der Waals surface area contributed by atoms with Gasteiger partial charge in [0.25, 0.3) is 0 Å². The molecule has 0 fully saturated rings. The summed E-state index contributed by atoms with van der Waals surface area (Å²) in [5.41, 5.74) is 4.48. The van der Waals surface area contributed by atoms with Gasteiger partial charge in [-0.1, -0.05) is 42.5 Å². The van der Waals surface area contributed by atoms with Crippen LogP contribution in [0.4, 0.5) is 5.69 Å². The Morgan fingerprint density at radius 2 is 1.80 bits per heavy atom. The van der Waals surface area contributed by atoms with Gasteiger partial charge in [0.15, 0.2) is 0 Å². The molecule has 0 heterocycles. The van der Waals surface area contributed by atoms with E-state index in [-0.39, 0.29) is 5.91 Å². The van der Waals surface area contributed by atoms with E-state index in [9.17, 15) is 4.79 Å². The van der Waals surface area contributed by atoms with Crippen molar-refractivity contribution in [2.75, 3.05) is 5.32 Å². The summed E-state index contributed by atoms with van der Waals surface area (Å²) in [6.07, 6.45) is 2.38. The lowest BCUT2D eigenvalue weighted by Crippen LogP contribution is -2.12. The van der Waals surface area contributed by atoms with Gasteiger partial charge in [-0.25, -0.2) is 0 Å². The van der Waals surface area contributed by atoms with Gasteiger partial charge < -0.3 is 5.32 Å². The highest BCUT2D eigenvalue weighted by Gasteiger charge is 2.05. The number of nitrogens with one attached hydrogen (secondary N) is 1. The zero-order valence-electron chi connectivity index (χ0n) is 12.1. The van der Waals surface area contributed by atoms with Crippen LogP contribution in [0, 0.1) is 13.8 Å². The van der Waals surface area contributed by atoms with Gasteiger partial charge in [-0.05, 0) is 49.4 Å². The van der Waals surface area contributed by atoms with Crippen LogP contribution >= 0.6 is 0 Å². The van der Waals surface area contributed by atoms with Gasteiger partial charge in [0, 0.05) is 12.1 Å². The largest absolute Gasteiger partial charge is 0.326 e. The summed E-state index contributed by atoms with van der Waals surface area (Å²) in [7, 11) is 0. The molecule has 0 unspecified atom stereocenters. The second kappa shape index (κ2) is 6.90. The molecule has 2 heteroatoms. The Hall–Kier alpha value is -2.09. The monoisotopic (exact) mass is 267 g/mol. The number of aryl methyl sites for hydroxylation is 3. The standard InChI is InChI=1S/C18H21NO/c1-14-11-12-15(2)17(13-14)19-18(20)10-6-9-16-7-4-3-5-8-16/h3-5,7-8,11-13H,6,9-10H2,1-2H3,(H,19,20). The summed E-state index contributed by atoms with van der Waals surface area (Å²) in [5, 5.41) is 3.00. The first-order valence-corrected chi connectivity index (χ1v) is 7.06. The molecule has 2 aromatic rings. The maximum Gasteiger partial charge on any atom is 0.224 e. The van der Waals surface area contributed by atoms with Crippen LogP contribution in [0.15, 0.2) is 48.5 Å². The van der Waals surface area contributed by atoms with Crippen LogP contribution in [0.25, 0.3) is 0 Å². The van der Waals surface area contributed by atoms with Crippen molar-refractivity contribution in [3.8, 4) is 0 Å². The molecule has 2 nitrogen and oxygen atoms in total. The van der Waals surface area contributed by atoms with Crippen molar-refractivity contribution in [2.24, 2.45) is 0 Å². The van der Waals surface area contributed by atoms with E-state index in [1.165, 1.54) is 5.56 Å². The fourth-order valence-electron chi connectivity index (χ4n) is 2.18. The van der Waals surface area contributed by atoms with Crippen LogP contribution in [0.3, 0.4) is 0 Å². The van der Waals surface area contributed by atoms with Gasteiger partial charge in [-0.2, -0.15) is 0 Å². The minimum atomic E-state index is 0.0923. The number of rotatable bonds is 5. The van der Waals surface area contributed by atoms with E-state index in [0.717, 1.165) is 29.7 Å². The van der Waals surface area contributed by atoms with Crippen molar-refractivity contribution >= 4 is 11.6 Å². The Labute approximate surface area is 120 Å². The molecule has 0 saturated heterocycles. The molecule has 0 bridgehead atoms. The Balaban J connectivity index is 1.82. The average Bonchev–Trinajstić information content (AvgIpc) is 2.44. The fourth-order valence-corrected chi connectivity index (χ4v) is 2.18. The second-order valence-electron chi connectivity index (χ2n) is 5.21. The number of hydrogen-bond acceptors (Lipinski definition) is 1. The summed E-state index contributed by atoms with van der Waals surface area (Å²) in [6.45, 7) is 4.05. The lowest BCUT2D eigenvalue weighted by Gasteiger charge is -2.09. The molecule has 0 spiro atoms. The summed E-state index contributed by atoms with van der Waals surface area (Å²) < 4.78 is 0. The molecule has 104 valence electrons. The van der Waals surface area contributed by atoms with E-state index in [1.807, 2.05) is 44.2 Å². The third-order valence-electron chi connectivity index (χ3n) is 3.38. The molecular weight excluding hydrogens is 246 g/mol. The number of anilines is 1. The van der Waals surface area contributed by atoms with Crippen LogP contribution in [-0.4, -0.2) is 5.91 Å². The first-order chi connectivity index (χ1) is 9.65. The minimum Gasteiger partial charge on any atom is -0.326 e. The van der Waals surface area contributed by atoms with Gasteiger partial charge >= 0.3 is 0 Å². The van der Waals surface area contributed by atoms with Crippen molar-refractivity contribution in [3.63, 3.8) is 0 Å². The summed E-state index contributed by atoms with van der Waals surface area (Å²) in [4.78, 5) is 12.0. The third kappa shape index (κ3) is 4.23. The van der Waals surface area contributed by atoms with Crippen LogP contribution in [0.5, 0.6) is 0 Å². The minimum absolute atomic E-state index is 0.0923. The lowest BCUT2D eigenvalue weighted by atomic mass is 10.1. The molecule has 1 amide bonds. The van der Waals surface area contributed by atoms with Crippen molar-refractivity contribution < 1.29 is 4.79 Å². The predicted molar refractivity (Wildman–Crippen MR) is 83.9 cm³/mol. The Kier molecular flexibility index (Phi) is 4.94. The van der Waals surface area contributed by atoms with E-state index in [1.54, 1.807) is 0 Å². The maximum atomic E-state index is 12.0. The summed E-state index contributed by atoms with van der Waals surface area (Å²) in [5.74, 6) is 0.0923. The highest BCUT2D eigenvalue weighted by Crippen LogP contribution is 2.17. The quantitative estimate of drug-likeness (QED) is 0.861. The Bertz CT molecular complexity index is 575. The number of carbonyl (C=O) groups is 1. The highest BCUT2D eigenvalue weighted by molar-refractivity contribution is 5.91. The van der Waals surface area contributed by atoms with E-state index in [0.29, 0.717) is 6.42 Å². The zero-order valence-corrected chi connectivity index (χ0v) is 12.1. The fraction of sp³-hybridized carbons (Fsp3) is 0.278. The van der Waals surface area contributed by atoms with Gasteiger partial charge in [0.1, 0.15) is 0 Å². The SMILES string of the molecule is Cc1ccc(C)c(NC(=O)CCCc2ccccc2)c1. The van der Waals surface area contributed by atoms with E-state index < -0.39 is 0 Å². The van der Waals surface area contributed by atoms with Crippen LogP contribution in [0.1, 0.15) is 29.5 Å². The van der Waals surface area contributed by atoms with Crippen LogP contribution in [0.2, 0.25) is 0 Å². The number of carbonyl (C=O) groups excluding carboxylic acids is 1. The van der Waals surface area contributed by atoms with E-state index >= 15 is 0 Å². The molecule has 0 aliphatic rings. The summed E-state index contributed by atoms with van der Waals surface area (Å²) >= 11 is 0. The molecule has 20 heavy (non-hydrogen) atoms. The first kappa shape index (κ1) is 14.3. The highest BCUT2D eigenvalue weighted by atomic mass is 16.1. The molecule has 0 saturated carbocycles. The van der Waals surface area contributed by atoms with Crippen molar-refractivity contribution in [1.29, 1.82) is 0 Å². The Morgan fingerprint density at radius 1 is 1.05 bits per heavy atom. The van der Waals surface area contributed by atoms with E-state index in [2.05, 4.69) is 23.5 Å². The molecular formula is C18H21NO. The van der Waals surface area contributed by atoms with Crippen LogP contribution < -0.4 is 5.32 Å². The lowest BCUT2D eigenvalue weighted by molar-refractivity contribution is -0.116. The van der Waals surface area contributed by atoms with Gasteiger partial charge in [0.2, 0.25) is 5.91 Å². The topological polar surface area (TPSA) is 29.1 Å². The first-order valence-electron chi connectivity index (χ1n) is 7.06. The normalized spacial score (nSPS) is 10.3. The predicted octanol–water partition coefficient (Wildman–Crippen LogP) is 4.26. The van der Waals surface area contributed by atoms with E-state index in [4.69, 9.17) is 0 Å². The maximum absolute atomic E-state index is 12.0. The second-order valence-corrected chi connectivity index (χ2v) is 5.21. The molecule has 0 aliphatic carbocycles. The number of hydrogen-bond donors (Lipinski definition) is 1. The molecule has 0 aliphatic heterocycles. The molecule has 2 rings (SSSR count).